The number of thioether (sulfide) groups is 2. The predicted octanol–water partition coefficient (Wildman–Crippen LogP) is 2.82. The molecule has 0 saturated carbocycles. The number of anilines is 1. The third-order valence-corrected chi connectivity index (χ3v) is 6.71. The van der Waals surface area contributed by atoms with Crippen LogP contribution in [0.5, 0.6) is 11.5 Å². The van der Waals surface area contributed by atoms with E-state index >= 15 is 0 Å². The predicted molar refractivity (Wildman–Crippen MR) is 112 cm³/mol. The van der Waals surface area contributed by atoms with Crippen molar-refractivity contribution < 1.29 is 29.0 Å². The van der Waals surface area contributed by atoms with E-state index in [0.717, 1.165) is 17.3 Å². The van der Waals surface area contributed by atoms with Gasteiger partial charge in [0.15, 0.2) is 0 Å². The first-order valence-corrected chi connectivity index (χ1v) is 10.9. The molecule has 0 bridgehead atoms. The first-order chi connectivity index (χ1) is 14.4. The third-order valence-electron chi connectivity index (χ3n) is 4.51. The van der Waals surface area contributed by atoms with E-state index in [4.69, 9.17) is 4.74 Å². The van der Waals surface area contributed by atoms with E-state index in [2.05, 4.69) is 5.32 Å². The molecule has 2 fully saturated rings. The van der Waals surface area contributed by atoms with Crippen molar-refractivity contribution in [1.82, 2.24) is 5.32 Å². The first-order valence-electron chi connectivity index (χ1n) is 8.95. The fourth-order valence-corrected chi connectivity index (χ4v) is 5.10. The summed E-state index contributed by atoms with van der Waals surface area (Å²) in [5.74, 6) is -0.367. The van der Waals surface area contributed by atoms with Crippen molar-refractivity contribution in [1.29, 1.82) is 0 Å². The Balaban J connectivity index is 1.43. The topological polar surface area (TPSA) is 113 Å². The average Bonchev–Trinajstić information content (AvgIpc) is 3.24. The Hall–Kier alpha value is -2.98. The summed E-state index contributed by atoms with van der Waals surface area (Å²) < 4.78 is 5.26. The minimum absolute atomic E-state index is 0.0342. The van der Waals surface area contributed by atoms with Crippen LogP contribution in [-0.4, -0.2) is 39.1 Å². The van der Waals surface area contributed by atoms with Crippen molar-refractivity contribution in [2.75, 3.05) is 10.7 Å². The molecule has 0 aromatic heterocycles. The molecule has 2 aromatic carbocycles. The Bertz CT molecular complexity index is 1010. The van der Waals surface area contributed by atoms with Crippen LogP contribution in [-0.2, 0) is 14.4 Å². The summed E-state index contributed by atoms with van der Waals surface area (Å²) in [4.78, 5) is 48.8. The molecule has 8 nitrogen and oxygen atoms in total. The van der Waals surface area contributed by atoms with Crippen LogP contribution in [0.1, 0.15) is 17.4 Å². The lowest BCUT2D eigenvalue weighted by molar-refractivity contribution is -0.135. The van der Waals surface area contributed by atoms with E-state index in [0.29, 0.717) is 17.2 Å². The summed E-state index contributed by atoms with van der Waals surface area (Å²) in [6.07, 6.45) is -0.203. The maximum Gasteiger partial charge on any atom is 0.312 e. The molecule has 0 spiro atoms. The number of carbonyl (C=O) groups excluding carboxylic acids is 4. The zero-order valence-corrected chi connectivity index (χ0v) is 17.1. The number of benzene rings is 2. The van der Waals surface area contributed by atoms with Crippen LogP contribution >= 0.6 is 23.5 Å². The van der Waals surface area contributed by atoms with E-state index in [-0.39, 0.29) is 23.5 Å². The maximum atomic E-state index is 12.4. The molecule has 0 aliphatic carbocycles. The molecule has 2 N–H and O–H groups in total. The summed E-state index contributed by atoms with van der Waals surface area (Å²) >= 11 is 2.25. The lowest BCUT2D eigenvalue weighted by Gasteiger charge is -2.24. The summed E-state index contributed by atoms with van der Waals surface area (Å²) in [5, 5.41) is 10.1. The molecule has 3 amide bonds. The Morgan fingerprint density at radius 3 is 2.43 bits per heavy atom. The Kier molecular flexibility index (Phi) is 5.69. The molecule has 10 heteroatoms. The molecule has 2 aromatic rings. The number of phenolic OH excluding ortho intramolecular Hbond substituents is 1. The Labute approximate surface area is 180 Å². The van der Waals surface area contributed by atoms with Gasteiger partial charge in [0, 0.05) is 5.69 Å². The van der Waals surface area contributed by atoms with Gasteiger partial charge < -0.3 is 9.84 Å². The van der Waals surface area contributed by atoms with Crippen LogP contribution in [0.3, 0.4) is 0 Å². The number of amides is 3. The lowest BCUT2D eigenvalue weighted by atomic mass is 10.1. The van der Waals surface area contributed by atoms with Gasteiger partial charge in [-0.2, -0.15) is 0 Å². The highest BCUT2D eigenvalue weighted by molar-refractivity contribution is 8.15. The van der Waals surface area contributed by atoms with E-state index in [1.165, 1.54) is 23.9 Å². The molecule has 154 valence electrons. The summed E-state index contributed by atoms with van der Waals surface area (Å²) in [6.45, 7) is 0. The molecule has 2 saturated heterocycles. The zero-order chi connectivity index (χ0) is 21.3. The van der Waals surface area contributed by atoms with Crippen molar-refractivity contribution in [3.63, 3.8) is 0 Å². The normalized spacial score (nSPS) is 21.1. The summed E-state index contributed by atoms with van der Waals surface area (Å²) in [7, 11) is 0. The fraction of sp³-hybridized carbons (Fsp3) is 0.200. The second kappa shape index (κ2) is 8.41. The summed E-state index contributed by atoms with van der Waals surface area (Å²) in [5.41, 5.74) is 1.54. The van der Waals surface area contributed by atoms with Gasteiger partial charge >= 0.3 is 5.97 Å². The Morgan fingerprint density at radius 1 is 1.10 bits per heavy atom. The molecule has 4 rings (SSSR count). The number of nitrogens with one attached hydrogen (secondary N) is 1. The highest BCUT2D eigenvalue weighted by atomic mass is 32.2. The second-order valence-electron chi connectivity index (χ2n) is 6.57. The van der Waals surface area contributed by atoms with Gasteiger partial charge in [-0.15, -0.1) is 11.8 Å². The quantitative estimate of drug-likeness (QED) is 0.535. The minimum atomic E-state index is -0.774. The number of aromatic hydroxyl groups is 1. The smallest absolute Gasteiger partial charge is 0.312 e. The number of hydrogen-bond acceptors (Lipinski definition) is 8. The number of nitrogens with zero attached hydrogens (tertiary/aromatic N) is 1. The van der Waals surface area contributed by atoms with Crippen LogP contribution in [0.15, 0.2) is 48.5 Å². The molecule has 2 aliphatic rings. The van der Waals surface area contributed by atoms with Crippen molar-refractivity contribution >= 4 is 52.2 Å². The SMILES string of the molecule is O=C(CC1SC(=O)NC1=O)Oc1ccc(C2SCC(=O)N2c2ccc(O)cc2)cc1. The monoisotopic (exact) mass is 444 g/mol. The van der Waals surface area contributed by atoms with Crippen molar-refractivity contribution in [3.8, 4) is 11.5 Å². The second-order valence-corrected chi connectivity index (χ2v) is 8.82. The first kappa shape index (κ1) is 20.3. The van der Waals surface area contributed by atoms with Crippen molar-refractivity contribution in [2.45, 2.75) is 17.0 Å². The molecular weight excluding hydrogens is 428 g/mol. The number of esters is 1. The highest BCUT2D eigenvalue weighted by Gasteiger charge is 2.35. The van der Waals surface area contributed by atoms with Crippen LogP contribution in [0.4, 0.5) is 10.5 Å². The number of phenols is 1. The standard InChI is InChI=1S/C20H16N2O6S2/c23-13-5-3-12(4-6-13)22-16(24)10-29-19(22)11-1-7-14(8-2-11)28-17(25)9-15-18(26)21-20(27)30-15/h1-8,15,19,23H,9-10H2,(H,21,26,27). The van der Waals surface area contributed by atoms with Gasteiger partial charge in [0.05, 0.1) is 12.2 Å². The van der Waals surface area contributed by atoms with Gasteiger partial charge in [-0.05, 0) is 42.0 Å². The van der Waals surface area contributed by atoms with Gasteiger partial charge in [0.2, 0.25) is 11.8 Å². The van der Waals surface area contributed by atoms with E-state index in [9.17, 15) is 24.3 Å². The summed E-state index contributed by atoms with van der Waals surface area (Å²) in [6, 6.07) is 13.2. The fourth-order valence-electron chi connectivity index (χ4n) is 3.12. The molecule has 2 aliphatic heterocycles. The Morgan fingerprint density at radius 2 is 1.80 bits per heavy atom. The van der Waals surface area contributed by atoms with Gasteiger partial charge in [0.25, 0.3) is 5.24 Å². The number of hydrogen-bond donors (Lipinski definition) is 2. The number of carbonyl (C=O) groups is 4. The number of imide groups is 1. The lowest BCUT2D eigenvalue weighted by Crippen LogP contribution is -2.27. The zero-order valence-electron chi connectivity index (χ0n) is 15.4. The molecular formula is C20H16N2O6S2. The van der Waals surface area contributed by atoms with Crippen molar-refractivity contribution in [3.05, 3.63) is 54.1 Å². The molecule has 2 heterocycles. The van der Waals surface area contributed by atoms with Crippen LogP contribution in [0, 0.1) is 0 Å². The maximum absolute atomic E-state index is 12.4. The van der Waals surface area contributed by atoms with Gasteiger partial charge in [-0.3, -0.25) is 29.4 Å². The number of ether oxygens (including phenoxy) is 1. The number of rotatable bonds is 5. The average molecular weight is 444 g/mol. The van der Waals surface area contributed by atoms with Crippen LogP contribution < -0.4 is 15.0 Å². The van der Waals surface area contributed by atoms with Gasteiger partial charge in [-0.1, -0.05) is 23.9 Å². The largest absolute Gasteiger partial charge is 0.508 e. The van der Waals surface area contributed by atoms with Crippen molar-refractivity contribution in [2.24, 2.45) is 0 Å². The highest BCUT2D eigenvalue weighted by Crippen LogP contribution is 2.42. The third kappa shape index (κ3) is 4.29. The van der Waals surface area contributed by atoms with Gasteiger partial charge in [0.1, 0.15) is 22.1 Å². The van der Waals surface area contributed by atoms with Crippen LogP contribution in [0.25, 0.3) is 0 Å². The van der Waals surface area contributed by atoms with E-state index in [1.54, 1.807) is 41.3 Å². The van der Waals surface area contributed by atoms with E-state index < -0.39 is 22.4 Å². The molecule has 2 atom stereocenters. The van der Waals surface area contributed by atoms with Gasteiger partial charge in [-0.25, -0.2) is 0 Å². The molecule has 0 radical (unpaired) electrons. The van der Waals surface area contributed by atoms with Crippen LogP contribution in [0.2, 0.25) is 0 Å². The molecule has 30 heavy (non-hydrogen) atoms. The van der Waals surface area contributed by atoms with E-state index in [1.807, 2.05) is 0 Å². The minimum Gasteiger partial charge on any atom is -0.508 e. The molecule has 2 unspecified atom stereocenters.